The molecule has 0 amide bonds. The number of hydrogen-bond acceptors (Lipinski definition) is 3. The van der Waals surface area contributed by atoms with Crippen molar-refractivity contribution in [3.63, 3.8) is 0 Å². The number of nitrogens with one attached hydrogen (secondary N) is 1. The first-order valence-electron chi connectivity index (χ1n) is 4.95. The Morgan fingerprint density at radius 2 is 2.44 bits per heavy atom. The van der Waals surface area contributed by atoms with Crippen molar-refractivity contribution in [2.45, 2.75) is 13.3 Å². The van der Waals surface area contributed by atoms with Gasteiger partial charge in [0.1, 0.15) is 0 Å². The highest BCUT2D eigenvalue weighted by atomic mass is 16.4. The third kappa shape index (κ3) is 1.79. The van der Waals surface area contributed by atoms with Crippen LogP contribution in [0.2, 0.25) is 0 Å². The molecule has 82 valence electrons. The van der Waals surface area contributed by atoms with E-state index in [-0.39, 0.29) is 0 Å². The maximum Gasteiger partial charge on any atom is 0.328 e. The second-order valence-corrected chi connectivity index (χ2v) is 3.33. The summed E-state index contributed by atoms with van der Waals surface area (Å²) in [4.78, 5) is 14.8. The molecule has 2 aromatic heterocycles. The molecule has 0 spiro atoms. The molecule has 2 N–H and O–H groups in total. The minimum Gasteiger partial charge on any atom is -0.478 e. The molecule has 0 saturated heterocycles. The summed E-state index contributed by atoms with van der Waals surface area (Å²) in [5.74, 6) is -0.955. The van der Waals surface area contributed by atoms with Crippen molar-refractivity contribution >= 4 is 22.6 Å². The van der Waals surface area contributed by atoms with Gasteiger partial charge in [-0.15, -0.1) is 0 Å². The lowest BCUT2D eigenvalue weighted by Crippen LogP contribution is -1.92. The molecule has 16 heavy (non-hydrogen) atoms. The summed E-state index contributed by atoms with van der Waals surface area (Å²) in [7, 11) is 0. The largest absolute Gasteiger partial charge is 0.478 e. The minimum atomic E-state index is -0.955. The first-order valence-corrected chi connectivity index (χ1v) is 4.95. The second kappa shape index (κ2) is 4.14. The molecule has 0 bridgehead atoms. The number of carboxylic acids is 1. The van der Waals surface area contributed by atoms with Crippen molar-refractivity contribution in [3.05, 3.63) is 30.1 Å². The summed E-state index contributed by atoms with van der Waals surface area (Å²) in [6.07, 6.45) is 3.47. The molecule has 0 atom stereocenters. The van der Waals surface area contributed by atoms with E-state index in [2.05, 4.69) is 15.2 Å². The topological polar surface area (TPSA) is 78.9 Å². The van der Waals surface area contributed by atoms with Crippen LogP contribution in [0, 0.1) is 0 Å². The molecule has 2 aromatic rings. The van der Waals surface area contributed by atoms with Crippen molar-refractivity contribution in [1.29, 1.82) is 0 Å². The number of H-pyrrole nitrogens is 1. The number of hydrogen-bond donors (Lipinski definition) is 2. The van der Waals surface area contributed by atoms with Gasteiger partial charge in [-0.1, -0.05) is 6.92 Å². The Morgan fingerprint density at radius 1 is 1.62 bits per heavy atom. The number of aromatic nitrogens is 3. The molecule has 0 aliphatic carbocycles. The van der Waals surface area contributed by atoms with Crippen LogP contribution in [0.15, 0.2) is 24.4 Å². The third-order valence-corrected chi connectivity index (χ3v) is 2.33. The zero-order valence-electron chi connectivity index (χ0n) is 8.77. The molecule has 5 nitrogen and oxygen atoms in total. The van der Waals surface area contributed by atoms with Crippen LogP contribution in [0.3, 0.4) is 0 Å². The number of pyridine rings is 1. The van der Waals surface area contributed by atoms with Crippen LogP contribution in [-0.2, 0) is 4.79 Å². The Hall–Kier alpha value is -2.17. The van der Waals surface area contributed by atoms with Gasteiger partial charge >= 0.3 is 5.97 Å². The number of fused-ring (bicyclic) bond motifs is 1. The van der Waals surface area contributed by atoms with Gasteiger partial charge in [-0.05, 0) is 24.1 Å². The molecule has 0 fully saturated rings. The number of carbonyl (C=O) groups is 1. The van der Waals surface area contributed by atoms with Gasteiger partial charge in [0.25, 0.3) is 0 Å². The van der Waals surface area contributed by atoms with E-state index in [1.54, 1.807) is 12.3 Å². The van der Waals surface area contributed by atoms with Crippen molar-refractivity contribution in [2.75, 3.05) is 0 Å². The highest BCUT2D eigenvalue weighted by molar-refractivity contribution is 5.95. The molecule has 0 aliphatic heterocycles. The van der Waals surface area contributed by atoms with E-state index >= 15 is 0 Å². The van der Waals surface area contributed by atoms with Crippen molar-refractivity contribution in [3.8, 4) is 0 Å². The molecular weight excluding hydrogens is 206 g/mol. The average molecular weight is 217 g/mol. The van der Waals surface area contributed by atoms with Gasteiger partial charge < -0.3 is 5.11 Å². The number of aromatic amines is 1. The quantitative estimate of drug-likeness (QED) is 0.769. The Balaban J connectivity index is 2.58. The number of carboxylic acid groups (broad SMARTS) is 1. The molecule has 5 heteroatoms. The normalized spacial score (nSPS) is 11.9. The first-order chi connectivity index (χ1) is 7.72. The molecule has 2 rings (SSSR count). The monoisotopic (exact) mass is 217 g/mol. The third-order valence-electron chi connectivity index (χ3n) is 2.33. The van der Waals surface area contributed by atoms with E-state index < -0.39 is 5.97 Å². The lowest BCUT2D eigenvalue weighted by molar-refractivity contribution is -0.131. The van der Waals surface area contributed by atoms with E-state index in [0.29, 0.717) is 17.6 Å². The van der Waals surface area contributed by atoms with Crippen molar-refractivity contribution < 1.29 is 9.90 Å². The number of rotatable bonds is 3. The molecule has 0 aliphatic rings. The highest BCUT2D eigenvalue weighted by Crippen LogP contribution is 2.23. The minimum absolute atomic E-state index is 0.599. The van der Waals surface area contributed by atoms with Crippen LogP contribution in [0.5, 0.6) is 0 Å². The summed E-state index contributed by atoms with van der Waals surface area (Å²) in [5, 5.41) is 16.5. The average Bonchev–Trinajstić information content (AvgIpc) is 2.69. The lowest BCUT2D eigenvalue weighted by Gasteiger charge is -2.00. The number of allylic oxidation sites excluding steroid dienone is 1. The predicted molar refractivity (Wildman–Crippen MR) is 59.8 cm³/mol. The van der Waals surface area contributed by atoms with Crippen LogP contribution in [0.25, 0.3) is 16.6 Å². The van der Waals surface area contributed by atoms with Crippen LogP contribution in [0.4, 0.5) is 0 Å². The Bertz CT molecular complexity index is 557. The summed E-state index contributed by atoms with van der Waals surface area (Å²) in [5.41, 5.74) is 2.04. The first kappa shape index (κ1) is 10.4. The summed E-state index contributed by atoms with van der Waals surface area (Å²) < 4.78 is 0. The Morgan fingerprint density at radius 3 is 3.12 bits per heavy atom. The van der Waals surface area contributed by atoms with E-state index in [0.717, 1.165) is 11.1 Å². The van der Waals surface area contributed by atoms with E-state index in [4.69, 9.17) is 5.11 Å². The highest BCUT2D eigenvalue weighted by Gasteiger charge is 2.10. The zero-order chi connectivity index (χ0) is 11.5. The smallest absolute Gasteiger partial charge is 0.328 e. The molecule has 0 radical (unpaired) electrons. The standard InChI is InChI=1S/C11H11N3O2/c1-2-7(6-9(15)16)10-8-4-3-5-12-11(8)14-13-10/h3-6H,2H2,1H3,(H,15,16)(H,12,13,14). The fourth-order valence-electron chi connectivity index (χ4n) is 1.60. The van der Waals surface area contributed by atoms with Crippen LogP contribution in [-0.4, -0.2) is 26.3 Å². The van der Waals surface area contributed by atoms with Gasteiger partial charge in [0.2, 0.25) is 0 Å². The van der Waals surface area contributed by atoms with Gasteiger partial charge in [0, 0.05) is 17.7 Å². The van der Waals surface area contributed by atoms with Crippen LogP contribution in [0.1, 0.15) is 19.0 Å². The van der Waals surface area contributed by atoms with Crippen molar-refractivity contribution in [1.82, 2.24) is 15.2 Å². The predicted octanol–water partition coefficient (Wildman–Crippen LogP) is 1.84. The fraction of sp³-hybridized carbons (Fsp3) is 0.182. The summed E-state index contributed by atoms with van der Waals surface area (Å²) in [6.45, 7) is 1.90. The molecule has 0 unspecified atom stereocenters. The van der Waals surface area contributed by atoms with Crippen LogP contribution < -0.4 is 0 Å². The maximum absolute atomic E-state index is 10.7. The Kier molecular flexibility index (Phi) is 2.68. The molecule has 2 heterocycles. The SMILES string of the molecule is CCC(=CC(=O)O)c1[nH]nc2ncccc12. The van der Waals surface area contributed by atoms with E-state index in [1.807, 2.05) is 13.0 Å². The van der Waals surface area contributed by atoms with Gasteiger partial charge in [-0.2, -0.15) is 5.10 Å². The van der Waals surface area contributed by atoms with Gasteiger partial charge in [0.05, 0.1) is 5.69 Å². The van der Waals surface area contributed by atoms with Crippen LogP contribution >= 0.6 is 0 Å². The maximum atomic E-state index is 10.7. The van der Waals surface area contributed by atoms with Gasteiger partial charge in [-0.25, -0.2) is 9.78 Å². The second-order valence-electron chi connectivity index (χ2n) is 3.33. The van der Waals surface area contributed by atoms with E-state index in [1.165, 1.54) is 6.08 Å². The summed E-state index contributed by atoms with van der Waals surface area (Å²) >= 11 is 0. The Labute approximate surface area is 91.8 Å². The fourth-order valence-corrected chi connectivity index (χ4v) is 1.60. The lowest BCUT2D eigenvalue weighted by atomic mass is 10.1. The van der Waals surface area contributed by atoms with E-state index in [9.17, 15) is 4.79 Å². The number of aliphatic carboxylic acids is 1. The molecule has 0 aromatic carbocycles. The van der Waals surface area contributed by atoms with Gasteiger partial charge in [0.15, 0.2) is 5.65 Å². The summed E-state index contributed by atoms with van der Waals surface area (Å²) in [6, 6.07) is 3.67. The molecular formula is C11H11N3O2. The van der Waals surface area contributed by atoms with Gasteiger partial charge in [-0.3, -0.25) is 5.10 Å². The number of nitrogens with zero attached hydrogens (tertiary/aromatic N) is 2. The molecule has 0 saturated carbocycles. The zero-order valence-corrected chi connectivity index (χ0v) is 8.77. The van der Waals surface area contributed by atoms with Crippen molar-refractivity contribution in [2.24, 2.45) is 0 Å².